The molecule has 0 fully saturated rings. The molecule has 0 aliphatic heterocycles. The van der Waals surface area contributed by atoms with Crippen molar-refractivity contribution < 1.29 is 15.0 Å². The molecule has 0 aromatic rings. The Kier molecular flexibility index (Phi) is 4.49. The highest BCUT2D eigenvalue weighted by Gasteiger charge is 2.10. The molecule has 1 rings (SSSR count). The van der Waals surface area contributed by atoms with Crippen molar-refractivity contribution in [1.82, 2.24) is 0 Å². The van der Waals surface area contributed by atoms with Crippen LogP contribution in [0.4, 0.5) is 0 Å². The van der Waals surface area contributed by atoms with Gasteiger partial charge in [-0.3, -0.25) is 4.79 Å². The molecular weight excluding hydrogens is 146 g/mol. The van der Waals surface area contributed by atoms with E-state index in [0.29, 0.717) is 6.42 Å². The minimum Gasteiger partial charge on any atom is -0.481 e. The van der Waals surface area contributed by atoms with Gasteiger partial charge in [-0.05, 0) is 6.42 Å². The van der Waals surface area contributed by atoms with E-state index in [4.69, 9.17) is 20.7 Å². The van der Waals surface area contributed by atoms with Gasteiger partial charge in [0.2, 0.25) is 0 Å². The average molecular weight is 159 g/mol. The van der Waals surface area contributed by atoms with Gasteiger partial charge >= 0.3 is 0 Å². The van der Waals surface area contributed by atoms with Crippen LogP contribution in [-0.4, -0.2) is 28.3 Å². The molecule has 64 valence electrons. The number of hydrogen-bond acceptors (Lipinski definition) is 3. The maximum Gasteiger partial charge on any atom is 0.300 e. The molecule has 0 saturated carbocycles. The van der Waals surface area contributed by atoms with E-state index in [1.807, 2.05) is 6.08 Å². The molecule has 0 saturated heterocycles. The van der Waals surface area contributed by atoms with Crippen molar-refractivity contribution in [2.24, 2.45) is 5.73 Å². The lowest BCUT2D eigenvalue weighted by Crippen LogP contribution is -2.16. The molecule has 11 heavy (non-hydrogen) atoms. The summed E-state index contributed by atoms with van der Waals surface area (Å²) in [6.45, 7) is 1.08. The van der Waals surface area contributed by atoms with Crippen molar-refractivity contribution in [2.45, 2.75) is 25.5 Å². The fourth-order valence-corrected chi connectivity index (χ4v) is 0.707. The zero-order chi connectivity index (χ0) is 8.85. The first-order chi connectivity index (χ1) is 5.02. The number of hydrogen-bond donors (Lipinski definition) is 3. The Morgan fingerprint density at radius 1 is 1.64 bits per heavy atom. The van der Waals surface area contributed by atoms with Crippen LogP contribution in [0.15, 0.2) is 12.2 Å². The van der Waals surface area contributed by atoms with E-state index in [2.05, 4.69) is 0 Å². The lowest BCUT2D eigenvalue weighted by atomic mass is 10.2. The van der Waals surface area contributed by atoms with Gasteiger partial charge in [0.15, 0.2) is 0 Å². The van der Waals surface area contributed by atoms with Crippen LogP contribution < -0.4 is 5.73 Å². The fraction of sp³-hybridized carbons (Fsp3) is 0.571. The Balaban J connectivity index is 0.000000218. The lowest BCUT2D eigenvalue weighted by Gasteiger charge is -1.97. The molecule has 2 unspecified atom stereocenters. The van der Waals surface area contributed by atoms with Crippen LogP contribution in [0.25, 0.3) is 0 Å². The summed E-state index contributed by atoms with van der Waals surface area (Å²) in [5, 5.41) is 16.1. The standard InChI is InChI=1S/C5H9NO.C2H4O2/c6-4-1-2-5(7)3-4;1-2(3)4/h1-2,4-5,7H,3,6H2;1H3,(H,3,4). The van der Waals surface area contributed by atoms with Crippen LogP contribution >= 0.6 is 0 Å². The number of aliphatic hydroxyl groups is 1. The van der Waals surface area contributed by atoms with Crippen LogP contribution in [0.3, 0.4) is 0 Å². The molecule has 0 amide bonds. The highest BCUT2D eigenvalue weighted by Crippen LogP contribution is 2.06. The second-order valence-corrected chi connectivity index (χ2v) is 2.37. The van der Waals surface area contributed by atoms with Crippen molar-refractivity contribution >= 4 is 5.97 Å². The monoisotopic (exact) mass is 159 g/mol. The predicted molar refractivity (Wildman–Crippen MR) is 41.0 cm³/mol. The normalized spacial score (nSPS) is 27.5. The number of aliphatic carboxylic acids is 1. The van der Waals surface area contributed by atoms with E-state index in [1.54, 1.807) is 6.08 Å². The molecule has 2 atom stereocenters. The van der Waals surface area contributed by atoms with Gasteiger partial charge in [-0.25, -0.2) is 0 Å². The SMILES string of the molecule is CC(=O)O.NC1C=CC(O)C1. The van der Waals surface area contributed by atoms with Gasteiger partial charge in [0.05, 0.1) is 6.10 Å². The smallest absolute Gasteiger partial charge is 0.300 e. The highest BCUT2D eigenvalue weighted by atomic mass is 16.4. The largest absolute Gasteiger partial charge is 0.481 e. The van der Waals surface area contributed by atoms with Crippen molar-refractivity contribution in [1.29, 1.82) is 0 Å². The van der Waals surface area contributed by atoms with Crippen molar-refractivity contribution in [3.8, 4) is 0 Å². The second-order valence-electron chi connectivity index (χ2n) is 2.37. The zero-order valence-electron chi connectivity index (χ0n) is 6.40. The van der Waals surface area contributed by atoms with E-state index >= 15 is 0 Å². The highest BCUT2D eigenvalue weighted by molar-refractivity contribution is 5.62. The summed E-state index contributed by atoms with van der Waals surface area (Å²) in [7, 11) is 0. The van der Waals surface area contributed by atoms with Crippen molar-refractivity contribution in [2.75, 3.05) is 0 Å². The lowest BCUT2D eigenvalue weighted by molar-refractivity contribution is -0.134. The summed E-state index contributed by atoms with van der Waals surface area (Å²) < 4.78 is 0. The topological polar surface area (TPSA) is 83.5 Å². The molecule has 0 radical (unpaired) electrons. The quantitative estimate of drug-likeness (QED) is 0.425. The average Bonchev–Trinajstić information content (AvgIpc) is 2.13. The molecule has 0 bridgehead atoms. The zero-order valence-corrected chi connectivity index (χ0v) is 6.40. The van der Waals surface area contributed by atoms with Gasteiger partial charge < -0.3 is 15.9 Å². The number of carbonyl (C=O) groups is 1. The Bertz CT molecular complexity index is 142. The van der Waals surface area contributed by atoms with E-state index in [0.717, 1.165) is 6.92 Å². The molecule has 0 heterocycles. The summed E-state index contributed by atoms with van der Waals surface area (Å²) in [4.78, 5) is 9.00. The molecule has 4 N–H and O–H groups in total. The third-order valence-electron chi connectivity index (χ3n) is 1.09. The maximum absolute atomic E-state index is 9.00. The number of nitrogens with two attached hydrogens (primary N) is 1. The molecule has 1 aliphatic rings. The van der Waals surface area contributed by atoms with E-state index in [9.17, 15) is 0 Å². The molecule has 4 nitrogen and oxygen atoms in total. The van der Waals surface area contributed by atoms with Gasteiger partial charge in [0, 0.05) is 13.0 Å². The molecule has 1 aliphatic carbocycles. The number of carboxylic acids is 1. The third kappa shape index (κ3) is 7.02. The van der Waals surface area contributed by atoms with Crippen LogP contribution in [0.1, 0.15) is 13.3 Å². The molecule has 4 heteroatoms. The number of aliphatic hydroxyl groups excluding tert-OH is 1. The van der Waals surface area contributed by atoms with E-state index in [1.165, 1.54) is 0 Å². The third-order valence-corrected chi connectivity index (χ3v) is 1.09. The van der Waals surface area contributed by atoms with E-state index in [-0.39, 0.29) is 12.1 Å². The van der Waals surface area contributed by atoms with Crippen LogP contribution in [-0.2, 0) is 4.79 Å². The van der Waals surface area contributed by atoms with E-state index < -0.39 is 5.97 Å². The summed E-state index contributed by atoms with van der Waals surface area (Å²) >= 11 is 0. The number of carboxylic acid groups (broad SMARTS) is 1. The van der Waals surface area contributed by atoms with Gasteiger partial charge in [0.1, 0.15) is 0 Å². The Hall–Kier alpha value is -0.870. The van der Waals surface area contributed by atoms with Gasteiger partial charge in [0.25, 0.3) is 5.97 Å². The maximum atomic E-state index is 9.00. The first-order valence-corrected chi connectivity index (χ1v) is 3.34. The van der Waals surface area contributed by atoms with Crippen LogP contribution in [0, 0.1) is 0 Å². The minimum absolute atomic E-state index is 0.0926. The Morgan fingerprint density at radius 2 is 2.09 bits per heavy atom. The predicted octanol–water partition coefficient (Wildman–Crippen LogP) is -0.275. The fourth-order valence-electron chi connectivity index (χ4n) is 0.707. The minimum atomic E-state index is -0.833. The first-order valence-electron chi connectivity index (χ1n) is 3.34. The van der Waals surface area contributed by atoms with Gasteiger partial charge in [-0.15, -0.1) is 0 Å². The molecule has 0 aromatic heterocycles. The van der Waals surface area contributed by atoms with Gasteiger partial charge in [-0.2, -0.15) is 0 Å². The summed E-state index contributed by atoms with van der Waals surface area (Å²) in [5.41, 5.74) is 5.38. The second kappa shape index (κ2) is 4.87. The van der Waals surface area contributed by atoms with Gasteiger partial charge in [-0.1, -0.05) is 12.2 Å². The molecule has 0 spiro atoms. The summed E-state index contributed by atoms with van der Waals surface area (Å²) in [5.74, 6) is -0.833. The Labute approximate surface area is 65.3 Å². The molecular formula is C7H13NO3. The summed E-state index contributed by atoms with van der Waals surface area (Å²) in [6, 6.07) is 0.0926. The summed E-state index contributed by atoms with van der Waals surface area (Å²) in [6.07, 6.45) is 3.96. The molecule has 0 aromatic carbocycles. The van der Waals surface area contributed by atoms with Crippen molar-refractivity contribution in [3.05, 3.63) is 12.2 Å². The van der Waals surface area contributed by atoms with Crippen LogP contribution in [0.2, 0.25) is 0 Å². The van der Waals surface area contributed by atoms with Crippen LogP contribution in [0.5, 0.6) is 0 Å². The van der Waals surface area contributed by atoms with Crippen molar-refractivity contribution in [3.63, 3.8) is 0 Å². The number of rotatable bonds is 0. The first kappa shape index (κ1) is 10.1. The Morgan fingerprint density at radius 3 is 2.18 bits per heavy atom.